The normalized spacial score (nSPS) is 27.6. The average Bonchev–Trinajstić information content (AvgIpc) is 3.09. The Balaban J connectivity index is 1.45. The van der Waals surface area contributed by atoms with E-state index in [0.717, 1.165) is 11.1 Å². The van der Waals surface area contributed by atoms with E-state index in [-0.39, 0.29) is 48.5 Å². The van der Waals surface area contributed by atoms with E-state index in [2.05, 4.69) is 10.6 Å². The third-order valence-corrected chi connectivity index (χ3v) is 6.52. The first-order valence-electron chi connectivity index (χ1n) is 10.1. The number of rotatable bonds is 4. The van der Waals surface area contributed by atoms with Gasteiger partial charge in [0.25, 0.3) is 11.8 Å². The van der Waals surface area contributed by atoms with Crippen LogP contribution in [-0.2, 0) is 0 Å². The molecule has 5 nitrogen and oxygen atoms in total. The predicted octanol–water partition coefficient (Wildman–Crippen LogP) is 3.34. The van der Waals surface area contributed by atoms with E-state index in [4.69, 9.17) is 4.74 Å². The van der Waals surface area contributed by atoms with Gasteiger partial charge in [0.15, 0.2) is 0 Å². The summed E-state index contributed by atoms with van der Waals surface area (Å²) in [6, 6.07) is 12.8. The van der Waals surface area contributed by atoms with Gasteiger partial charge in [-0.25, -0.2) is 8.78 Å². The Morgan fingerprint density at radius 1 is 1.07 bits per heavy atom. The predicted molar refractivity (Wildman–Crippen MR) is 106 cm³/mol. The molecule has 0 saturated heterocycles. The summed E-state index contributed by atoms with van der Waals surface area (Å²) in [6.07, 6.45) is -0.333. The molecule has 2 aromatic carbocycles. The number of halogens is 2. The van der Waals surface area contributed by atoms with Crippen molar-refractivity contribution in [3.63, 3.8) is 0 Å². The van der Waals surface area contributed by atoms with Crippen molar-refractivity contribution in [2.45, 2.75) is 30.7 Å². The number of ether oxygens (including phenoxy) is 1. The molecule has 1 heterocycles. The lowest BCUT2D eigenvalue weighted by atomic mass is 9.90. The molecule has 2 fully saturated rings. The van der Waals surface area contributed by atoms with E-state index in [0.29, 0.717) is 23.5 Å². The van der Waals surface area contributed by atoms with E-state index in [1.54, 1.807) is 6.07 Å². The fourth-order valence-corrected chi connectivity index (χ4v) is 4.95. The van der Waals surface area contributed by atoms with Crippen LogP contribution in [0.5, 0.6) is 5.75 Å². The largest absolute Gasteiger partial charge is 0.491 e. The molecule has 2 aliphatic carbocycles. The zero-order valence-electron chi connectivity index (χ0n) is 16.5. The third kappa shape index (κ3) is 3.13. The maximum absolute atomic E-state index is 13.4. The number of amides is 2. The Morgan fingerprint density at radius 3 is 2.43 bits per heavy atom. The molecule has 5 rings (SSSR count). The highest BCUT2D eigenvalue weighted by Gasteiger charge is 2.63. The lowest BCUT2D eigenvalue weighted by Crippen LogP contribution is -2.31. The monoisotopic (exact) mass is 412 g/mol. The number of alkyl halides is 2. The summed E-state index contributed by atoms with van der Waals surface area (Å²) in [5.41, 5.74) is 2.47. The highest BCUT2D eigenvalue weighted by Crippen LogP contribution is 2.58. The first-order valence-corrected chi connectivity index (χ1v) is 10.1. The Hall–Kier alpha value is -2.96. The summed E-state index contributed by atoms with van der Waals surface area (Å²) >= 11 is 0. The number of carbonyl (C=O) groups excluding carboxylic acids is 2. The van der Waals surface area contributed by atoms with Crippen LogP contribution >= 0.6 is 0 Å². The molecule has 1 unspecified atom stereocenters. The van der Waals surface area contributed by atoms with Crippen LogP contribution in [0.15, 0.2) is 42.5 Å². The van der Waals surface area contributed by atoms with Crippen LogP contribution in [0.25, 0.3) is 0 Å². The number of hydrogen-bond donors (Lipinski definition) is 2. The topological polar surface area (TPSA) is 67.4 Å². The highest BCUT2D eigenvalue weighted by atomic mass is 19.3. The van der Waals surface area contributed by atoms with Crippen LogP contribution in [0.4, 0.5) is 8.78 Å². The van der Waals surface area contributed by atoms with Gasteiger partial charge in [0.1, 0.15) is 5.75 Å². The van der Waals surface area contributed by atoms with Crippen molar-refractivity contribution in [2.24, 2.45) is 11.8 Å². The first-order chi connectivity index (χ1) is 14.4. The van der Waals surface area contributed by atoms with Gasteiger partial charge in [-0.15, -0.1) is 0 Å². The molecule has 2 N–H and O–H groups in total. The fourth-order valence-electron chi connectivity index (χ4n) is 4.95. The molecule has 7 heteroatoms. The molecule has 1 aliphatic heterocycles. The SMILES string of the molecule is CNC(=O)c1cc(C(=O)N[C@H]2[C@@H]3CC(F)(F)C[C@@H]32)cc2c1OCC2c1ccccc1. The molecule has 2 saturated carbocycles. The van der Waals surface area contributed by atoms with Crippen molar-refractivity contribution in [1.82, 2.24) is 10.6 Å². The number of benzene rings is 2. The van der Waals surface area contributed by atoms with E-state index >= 15 is 0 Å². The second-order valence-electron chi connectivity index (χ2n) is 8.39. The highest BCUT2D eigenvalue weighted by molar-refractivity contribution is 6.02. The Morgan fingerprint density at radius 2 is 1.77 bits per heavy atom. The summed E-state index contributed by atoms with van der Waals surface area (Å²) in [5, 5.41) is 5.49. The minimum absolute atomic E-state index is 0.0867. The summed E-state index contributed by atoms with van der Waals surface area (Å²) < 4.78 is 32.7. The van der Waals surface area contributed by atoms with Gasteiger partial charge >= 0.3 is 0 Å². The zero-order valence-corrected chi connectivity index (χ0v) is 16.5. The molecular weight excluding hydrogens is 390 g/mol. The molecule has 0 spiro atoms. The summed E-state index contributed by atoms with van der Waals surface area (Å²) in [7, 11) is 1.52. The zero-order chi connectivity index (χ0) is 21.0. The van der Waals surface area contributed by atoms with E-state index in [1.165, 1.54) is 13.1 Å². The summed E-state index contributed by atoms with van der Waals surface area (Å²) in [4.78, 5) is 25.4. The molecule has 3 aliphatic rings. The van der Waals surface area contributed by atoms with Crippen molar-refractivity contribution < 1.29 is 23.1 Å². The Kier molecular flexibility index (Phi) is 4.31. The molecule has 0 aromatic heterocycles. The molecule has 2 amide bonds. The Bertz CT molecular complexity index is 1010. The minimum atomic E-state index is -2.61. The number of carbonyl (C=O) groups is 2. The van der Waals surface area contributed by atoms with Gasteiger partial charge in [-0.1, -0.05) is 30.3 Å². The fraction of sp³-hybridized carbons (Fsp3) is 0.391. The van der Waals surface area contributed by atoms with E-state index in [9.17, 15) is 18.4 Å². The lowest BCUT2D eigenvalue weighted by Gasteiger charge is -2.15. The van der Waals surface area contributed by atoms with Gasteiger partial charge in [0.2, 0.25) is 5.92 Å². The number of fused-ring (bicyclic) bond motifs is 2. The quantitative estimate of drug-likeness (QED) is 0.810. The van der Waals surface area contributed by atoms with Crippen LogP contribution in [0.3, 0.4) is 0 Å². The molecule has 0 radical (unpaired) electrons. The second kappa shape index (κ2) is 6.79. The molecule has 30 heavy (non-hydrogen) atoms. The van der Waals surface area contributed by atoms with Crippen molar-refractivity contribution in [3.8, 4) is 5.75 Å². The molecule has 2 aromatic rings. The third-order valence-electron chi connectivity index (χ3n) is 6.52. The van der Waals surface area contributed by atoms with Crippen molar-refractivity contribution in [3.05, 3.63) is 64.7 Å². The average molecular weight is 412 g/mol. The van der Waals surface area contributed by atoms with Gasteiger partial charge in [-0.05, 0) is 29.5 Å². The molecular formula is C23H22F2N2O3. The van der Waals surface area contributed by atoms with Gasteiger partial charge in [-0.3, -0.25) is 9.59 Å². The number of nitrogens with one attached hydrogen (secondary N) is 2. The molecule has 0 bridgehead atoms. The van der Waals surface area contributed by atoms with Crippen molar-refractivity contribution in [2.75, 3.05) is 13.7 Å². The smallest absolute Gasteiger partial charge is 0.254 e. The first kappa shape index (κ1) is 19.0. The van der Waals surface area contributed by atoms with Crippen LogP contribution in [0.2, 0.25) is 0 Å². The maximum Gasteiger partial charge on any atom is 0.254 e. The van der Waals surface area contributed by atoms with Crippen LogP contribution in [-0.4, -0.2) is 37.4 Å². The van der Waals surface area contributed by atoms with E-state index in [1.807, 2.05) is 30.3 Å². The standard InChI is InChI=1S/C23H22F2N2O3/c1-26-22(29)15-8-13(21(28)27-19-16-9-23(24,25)10-17(16)19)7-14-18(11-30-20(14)15)12-5-3-2-4-6-12/h2-8,16-19H,9-11H2,1H3,(H,26,29)(H,27,28)/t16-,17+,18?,19+. The maximum atomic E-state index is 13.4. The van der Waals surface area contributed by atoms with E-state index < -0.39 is 5.92 Å². The van der Waals surface area contributed by atoms with Gasteiger partial charge < -0.3 is 15.4 Å². The van der Waals surface area contributed by atoms with Crippen LogP contribution in [0.1, 0.15) is 50.6 Å². The summed E-state index contributed by atoms with van der Waals surface area (Å²) in [5.74, 6) is -3.20. The van der Waals surface area contributed by atoms with Crippen molar-refractivity contribution in [1.29, 1.82) is 0 Å². The molecule has 4 atom stereocenters. The van der Waals surface area contributed by atoms with Gasteiger partial charge in [0, 0.05) is 43.0 Å². The molecule has 156 valence electrons. The van der Waals surface area contributed by atoms with Crippen molar-refractivity contribution >= 4 is 11.8 Å². The minimum Gasteiger partial charge on any atom is -0.491 e. The van der Waals surface area contributed by atoms with Crippen LogP contribution in [0, 0.1) is 11.8 Å². The summed E-state index contributed by atoms with van der Waals surface area (Å²) in [6.45, 7) is 0.385. The number of hydrogen-bond acceptors (Lipinski definition) is 3. The van der Waals surface area contributed by atoms with Gasteiger partial charge in [-0.2, -0.15) is 0 Å². The Labute approximate surface area is 172 Å². The van der Waals surface area contributed by atoms with Gasteiger partial charge in [0.05, 0.1) is 12.2 Å². The lowest BCUT2D eigenvalue weighted by molar-refractivity contribution is -0.00623. The second-order valence-corrected chi connectivity index (χ2v) is 8.39. The van der Waals surface area contributed by atoms with Crippen LogP contribution < -0.4 is 15.4 Å².